The third-order valence-electron chi connectivity index (χ3n) is 3.20. The van der Waals surface area contributed by atoms with Gasteiger partial charge in [0.1, 0.15) is 11.5 Å². The highest BCUT2D eigenvalue weighted by atomic mass is 16.7. The van der Waals surface area contributed by atoms with Crippen molar-refractivity contribution in [2.45, 2.75) is 0 Å². The number of rotatable bonds is 2. The second kappa shape index (κ2) is 5.25. The summed E-state index contributed by atoms with van der Waals surface area (Å²) >= 11 is 0. The Hall–Kier alpha value is -3.28. The molecule has 3 aromatic carbocycles. The monoisotopic (exact) mass is 298 g/mol. The van der Waals surface area contributed by atoms with Crippen LogP contribution in [0.25, 0.3) is 21.5 Å². The van der Waals surface area contributed by atoms with Crippen molar-refractivity contribution >= 4 is 33.9 Å². The second-order valence-corrected chi connectivity index (χ2v) is 4.54. The zero-order valence-corrected chi connectivity index (χ0v) is 11.1. The van der Waals surface area contributed by atoms with Gasteiger partial charge in [0.25, 0.3) is 0 Å². The van der Waals surface area contributed by atoms with Gasteiger partial charge in [-0.3, -0.25) is 0 Å². The van der Waals surface area contributed by atoms with Crippen molar-refractivity contribution in [3.05, 3.63) is 48.5 Å². The van der Waals surface area contributed by atoms with Gasteiger partial charge in [0.05, 0.1) is 0 Å². The normalized spacial score (nSPS) is 10.5. The number of hydrogen-bond donors (Lipinski definition) is 2. The van der Waals surface area contributed by atoms with Gasteiger partial charge in [0.2, 0.25) is 0 Å². The predicted molar refractivity (Wildman–Crippen MR) is 78.8 cm³/mol. The van der Waals surface area contributed by atoms with Crippen molar-refractivity contribution in [1.29, 1.82) is 0 Å². The molecule has 6 heteroatoms. The zero-order valence-electron chi connectivity index (χ0n) is 11.1. The van der Waals surface area contributed by atoms with Crippen LogP contribution in [-0.4, -0.2) is 22.5 Å². The van der Waals surface area contributed by atoms with Gasteiger partial charge in [-0.15, -0.1) is 0 Å². The lowest BCUT2D eigenvalue weighted by atomic mass is 10.0. The highest BCUT2D eigenvalue weighted by Crippen LogP contribution is 2.36. The van der Waals surface area contributed by atoms with E-state index in [0.717, 1.165) is 10.8 Å². The molecule has 3 rings (SSSR count). The standard InChI is InChI=1S/C16H10O6/c17-15(18)21-13-5-6-14(22-16(19)20)12-8-10-4-2-1-3-9(10)7-11(12)13/h1-8H,(H,17,18)(H,19,20). The molecule has 110 valence electrons. The second-order valence-electron chi connectivity index (χ2n) is 4.54. The summed E-state index contributed by atoms with van der Waals surface area (Å²) in [7, 11) is 0. The summed E-state index contributed by atoms with van der Waals surface area (Å²) in [5, 5.41) is 20.3. The van der Waals surface area contributed by atoms with Crippen molar-refractivity contribution in [3.63, 3.8) is 0 Å². The van der Waals surface area contributed by atoms with Gasteiger partial charge in [0, 0.05) is 10.8 Å². The lowest BCUT2D eigenvalue weighted by molar-refractivity contribution is 0.142. The summed E-state index contributed by atoms with van der Waals surface area (Å²) in [6, 6.07) is 13.6. The Morgan fingerprint density at radius 2 is 1.14 bits per heavy atom. The van der Waals surface area contributed by atoms with Crippen LogP contribution in [0, 0.1) is 0 Å². The Kier molecular flexibility index (Phi) is 3.27. The Balaban J connectivity index is 2.32. The molecule has 0 spiro atoms. The van der Waals surface area contributed by atoms with Gasteiger partial charge in [-0.1, -0.05) is 24.3 Å². The highest BCUT2D eigenvalue weighted by Gasteiger charge is 2.14. The fourth-order valence-corrected chi connectivity index (χ4v) is 2.35. The molecule has 3 aromatic rings. The van der Waals surface area contributed by atoms with Crippen molar-refractivity contribution in [1.82, 2.24) is 0 Å². The van der Waals surface area contributed by atoms with Crippen LogP contribution in [0.3, 0.4) is 0 Å². The van der Waals surface area contributed by atoms with E-state index in [0.29, 0.717) is 10.8 Å². The van der Waals surface area contributed by atoms with E-state index in [1.165, 1.54) is 12.1 Å². The number of benzene rings is 3. The van der Waals surface area contributed by atoms with Crippen molar-refractivity contribution < 1.29 is 29.3 Å². The van der Waals surface area contributed by atoms with E-state index in [-0.39, 0.29) is 11.5 Å². The minimum Gasteiger partial charge on any atom is -0.449 e. The minimum atomic E-state index is -1.44. The molecule has 22 heavy (non-hydrogen) atoms. The largest absolute Gasteiger partial charge is 0.511 e. The van der Waals surface area contributed by atoms with Crippen LogP contribution >= 0.6 is 0 Å². The first kappa shape index (κ1) is 13.7. The van der Waals surface area contributed by atoms with E-state index in [4.69, 9.17) is 19.7 Å². The number of carbonyl (C=O) groups is 2. The van der Waals surface area contributed by atoms with Crippen molar-refractivity contribution in [2.24, 2.45) is 0 Å². The van der Waals surface area contributed by atoms with Crippen LogP contribution < -0.4 is 9.47 Å². The molecular weight excluding hydrogens is 288 g/mol. The molecule has 0 aliphatic heterocycles. The van der Waals surface area contributed by atoms with Crippen LogP contribution in [0.15, 0.2) is 48.5 Å². The molecule has 0 radical (unpaired) electrons. The summed E-state index contributed by atoms with van der Waals surface area (Å²) < 4.78 is 9.50. The maximum absolute atomic E-state index is 10.8. The molecular formula is C16H10O6. The lowest BCUT2D eigenvalue weighted by Crippen LogP contribution is -2.06. The van der Waals surface area contributed by atoms with Crippen LogP contribution in [0.1, 0.15) is 0 Å². The quantitative estimate of drug-likeness (QED) is 0.420. The smallest absolute Gasteiger partial charge is 0.449 e. The molecule has 0 amide bonds. The molecule has 0 atom stereocenters. The van der Waals surface area contributed by atoms with E-state index in [1.54, 1.807) is 12.1 Å². The van der Waals surface area contributed by atoms with Crippen LogP contribution in [0.5, 0.6) is 11.5 Å². The van der Waals surface area contributed by atoms with Gasteiger partial charge < -0.3 is 19.7 Å². The van der Waals surface area contributed by atoms with Crippen molar-refractivity contribution in [2.75, 3.05) is 0 Å². The maximum atomic E-state index is 10.8. The summed E-state index contributed by atoms with van der Waals surface area (Å²) in [5.74, 6) is 0.233. The van der Waals surface area contributed by atoms with E-state index in [1.807, 2.05) is 24.3 Å². The molecule has 0 unspecified atom stereocenters. The van der Waals surface area contributed by atoms with Gasteiger partial charge in [0.15, 0.2) is 0 Å². The molecule has 0 fully saturated rings. The summed E-state index contributed by atoms with van der Waals surface area (Å²) in [6.45, 7) is 0. The third-order valence-corrected chi connectivity index (χ3v) is 3.20. The molecule has 0 saturated carbocycles. The molecule has 0 bridgehead atoms. The Labute approximate surface area is 124 Å². The lowest BCUT2D eigenvalue weighted by Gasteiger charge is -2.10. The molecule has 0 saturated heterocycles. The summed E-state index contributed by atoms with van der Waals surface area (Å²) in [5.41, 5.74) is 0. The first-order valence-corrected chi connectivity index (χ1v) is 6.31. The fraction of sp³-hybridized carbons (Fsp3) is 0. The Morgan fingerprint density at radius 3 is 1.50 bits per heavy atom. The Bertz CT molecular complexity index is 826. The van der Waals surface area contributed by atoms with Crippen LogP contribution in [0.4, 0.5) is 9.59 Å². The molecule has 6 nitrogen and oxygen atoms in total. The average Bonchev–Trinajstić information content (AvgIpc) is 2.47. The van der Waals surface area contributed by atoms with Crippen LogP contribution in [0.2, 0.25) is 0 Å². The van der Waals surface area contributed by atoms with Crippen molar-refractivity contribution in [3.8, 4) is 11.5 Å². The topological polar surface area (TPSA) is 93.1 Å². The number of fused-ring (bicyclic) bond motifs is 2. The molecule has 2 N–H and O–H groups in total. The van der Waals surface area contributed by atoms with Gasteiger partial charge in [-0.25, -0.2) is 9.59 Å². The minimum absolute atomic E-state index is 0.117. The Morgan fingerprint density at radius 1 is 0.727 bits per heavy atom. The van der Waals surface area contributed by atoms with E-state index < -0.39 is 12.3 Å². The van der Waals surface area contributed by atoms with E-state index in [9.17, 15) is 9.59 Å². The predicted octanol–water partition coefficient (Wildman–Crippen LogP) is 4.11. The van der Waals surface area contributed by atoms with Gasteiger partial charge >= 0.3 is 12.3 Å². The third kappa shape index (κ3) is 2.49. The fourth-order valence-electron chi connectivity index (χ4n) is 2.35. The van der Waals surface area contributed by atoms with Crippen LogP contribution in [-0.2, 0) is 0 Å². The summed E-state index contributed by atoms with van der Waals surface area (Å²) in [6.07, 6.45) is -2.89. The highest BCUT2D eigenvalue weighted by molar-refractivity contribution is 6.04. The van der Waals surface area contributed by atoms with E-state index in [2.05, 4.69) is 0 Å². The van der Waals surface area contributed by atoms with Gasteiger partial charge in [-0.05, 0) is 35.0 Å². The van der Waals surface area contributed by atoms with E-state index >= 15 is 0 Å². The zero-order chi connectivity index (χ0) is 15.7. The molecule has 0 aliphatic carbocycles. The number of ether oxygens (including phenoxy) is 2. The number of carboxylic acid groups (broad SMARTS) is 2. The SMILES string of the molecule is O=C(O)Oc1ccc(OC(=O)O)c2cc3ccccc3cc12. The first-order valence-electron chi connectivity index (χ1n) is 6.31. The number of hydrogen-bond acceptors (Lipinski definition) is 4. The first-order chi connectivity index (χ1) is 10.5. The molecule has 0 aromatic heterocycles. The average molecular weight is 298 g/mol. The molecule has 0 aliphatic rings. The maximum Gasteiger partial charge on any atom is 0.511 e. The molecule has 0 heterocycles. The summed E-state index contributed by atoms with van der Waals surface area (Å²) in [4.78, 5) is 21.6. The van der Waals surface area contributed by atoms with Gasteiger partial charge in [-0.2, -0.15) is 0 Å².